The summed E-state index contributed by atoms with van der Waals surface area (Å²) in [6, 6.07) is 4.75. The molecular weight excluding hydrogens is 511 g/mol. The molecule has 0 bridgehead atoms. The number of halogens is 4. The molecular formula is C25H23ClF3N5OS. The van der Waals surface area contributed by atoms with E-state index in [4.69, 9.17) is 16.6 Å². The number of alkyl halides is 2. The Morgan fingerprint density at radius 3 is 2.83 bits per heavy atom. The van der Waals surface area contributed by atoms with Gasteiger partial charge in [-0.15, -0.1) is 17.9 Å². The fraction of sp³-hybridized carbons (Fsp3) is 0.320. The van der Waals surface area contributed by atoms with Crippen LogP contribution in [0.15, 0.2) is 65.4 Å². The average molecular weight is 534 g/mol. The molecule has 0 spiro atoms. The van der Waals surface area contributed by atoms with Gasteiger partial charge in [0.15, 0.2) is 10.8 Å². The van der Waals surface area contributed by atoms with Crippen molar-refractivity contribution in [3.63, 3.8) is 0 Å². The van der Waals surface area contributed by atoms with E-state index in [9.17, 15) is 18.3 Å². The smallest absolute Gasteiger partial charge is 0.333 e. The van der Waals surface area contributed by atoms with Gasteiger partial charge in [0.1, 0.15) is 11.9 Å². The van der Waals surface area contributed by atoms with Crippen molar-refractivity contribution in [3.8, 4) is 0 Å². The highest BCUT2D eigenvalue weighted by molar-refractivity contribution is 7.11. The lowest BCUT2D eigenvalue weighted by atomic mass is 9.89. The molecule has 1 N–H and O–H groups in total. The minimum absolute atomic E-state index is 0.154. The van der Waals surface area contributed by atoms with Crippen molar-refractivity contribution in [1.82, 2.24) is 19.7 Å². The van der Waals surface area contributed by atoms with E-state index in [-0.39, 0.29) is 23.7 Å². The number of benzene rings is 1. The molecule has 4 heterocycles. The van der Waals surface area contributed by atoms with Crippen LogP contribution in [0.4, 0.5) is 13.2 Å². The Morgan fingerprint density at radius 1 is 1.33 bits per heavy atom. The lowest BCUT2D eigenvalue weighted by molar-refractivity contribution is 0.0451. The van der Waals surface area contributed by atoms with E-state index in [1.165, 1.54) is 41.8 Å². The van der Waals surface area contributed by atoms with Crippen molar-refractivity contribution >= 4 is 34.3 Å². The molecule has 0 saturated carbocycles. The highest BCUT2D eigenvalue weighted by Crippen LogP contribution is 2.48. The SMILES string of the molecule is C=CCCC[C@@]1(O)CC2=C(c3ccn(C(F)F)n3)[C@H](c3ccc(F)cc3Cl)N=C(c3nccs3)N2C1. The summed E-state index contributed by atoms with van der Waals surface area (Å²) < 4.78 is 41.3. The number of fused-ring (bicyclic) bond motifs is 1. The van der Waals surface area contributed by atoms with Crippen LogP contribution in [0.2, 0.25) is 5.02 Å². The highest BCUT2D eigenvalue weighted by atomic mass is 35.5. The van der Waals surface area contributed by atoms with Crippen LogP contribution in [0.3, 0.4) is 0 Å². The first-order valence-electron chi connectivity index (χ1n) is 11.4. The summed E-state index contributed by atoms with van der Waals surface area (Å²) in [5, 5.41) is 18.3. The molecule has 0 amide bonds. The number of rotatable bonds is 8. The van der Waals surface area contributed by atoms with E-state index >= 15 is 0 Å². The zero-order valence-electron chi connectivity index (χ0n) is 19.1. The summed E-state index contributed by atoms with van der Waals surface area (Å²) in [7, 11) is 0. The Hall–Kier alpha value is -2.95. The number of allylic oxidation sites excluding steroid dienone is 1. The van der Waals surface area contributed by atoms with Crippen LogP contribution >= 0.6 is 22.9 Å². The summed E-state index contributed by atoms with van der Waals surface area (Å²) in [4.78, 5) is 11.3. The van der Waals surface area contributed by atoms with E-state index in [2.05, 4.69) is 16.7 Å². The van der Waals surface area contributed by atoms with Crippen molar-refractivity contribution in [2.75, 3.05) is 6.54 Å². The predicted octanol–water partition coefficient (Wildman–Crippen LogP) is 6.23. The number of aliphatic hydroxyl groups is 1. The number of nitrogens with zero attached hydrogens (tertiary/aromatic N) is 5. The van der Waals surface area contributed by atoms with Crippen molar-refractivity contribution in [3.05, 3.63) is 87.5 Å². The molecule has 2 atom stereocenters. The van der Waals surface area contributed by atoms with Crippen LogP contribution in [0.5, 0.6) is 0 Å². The zero-order valence-corrected chi connectivity index (χ0v) is 20.7. The molecule has 0 aliphatic carbocycles. The van der Waals surface area contributed by atoms with Gasteiger partial charge in [-0.05, 0) is 37.5 Å². The average Bonchev–Trinajstić information content (AvgIpc) is 3.58. The Labute approximate surface area is 215 Å². The first-order valence-corrected chi connectivity index (χ1v) is 12.7. The van der Waals surface area contributed by atoms with Gasteiger partial charge >= 0.3 is 6.55 Å². The number of hydrogen-bond donors (Lipinski definition) is 1. The van der Waals surface area contributed by atoms with Crippen LogP contribution in [0.25, 0.3) is 5.57 Å². The number of aliphatic imine (C=N–C) groups is 1. The molecule has 1 fully saturated rings. The second kappa shape index (κ2) is 9.84. The van der Waals surface area contributed by atoms with Crippen molar-refractivity contribution in [2.45, 2.75) is 43.9 Å². The summed E-state index contributed by atoms with van der Waals surface area (Å²) in [6.45, 7) is 1.20. The number of thiazole rings is 1. The molecule has 0 unspecified atom stereocenters. The second-order valence-corrected chi connectivity index (χ2v) is 10.1. The first kappa shape index (κ1) is 24.7. The van der Waals surface area contributed by atoms with Gasteiger partial charge in [0.25, 0.3) is 0 Å². The number of hydrogen-bond acceptors (Lipinski definition) is 6. The van der Waals surface area contributed by atoms with Gasteiger partial charge in [0, 0.05) is 46.1 Å². The zero-order chi connectivity index (χ0) is 25.4. The van der Waals surface area contributed by atoms with Gasteiger partial charge in [-0.3, -0.25) is 4.99 Å². The van der Waals surface area contributed by atoms with E-state index in [1.54, 1.807) is 6.20 Å². The molecule has 2 aliphatic heterocycles. The van der Waals surface area contributed by atoms with Gasteiger partial charge in [-0.2, -0.15) is 13.9 Å². The Kier molecular flexibility index (Phi) is 6.76. The minimum Gasteiger partial charge on any atom is -0.388 e. The monoisotopic (exact) mass is 533 g/mol. The molecule has 2 aliphatic rings. The predicted molar refractivity (Wildman–Crippen MR) is 134 cm³/mol. The van der Waals surface area contributed by atoms with Gasteiger partial charge in [0.05, 0.1) is 17.8 Å². The molecule has 36 heavy (non-hydrogen) atoms. The Bertz CT molecular complexity index is 1340. The topological polar surface area (TPSA) is 66.5 Å². The third kappa shape index (κ3) is 4.60. The Morgan fingerprint density at radius 2 is 2.17 bits per heavy atom. The summed E-state index contributed by atoms with van der Waals surface area (Å²) in [6.07, 6.45) is 6.96. The standard InChI is InChI=1S/C25H23ClF3N5OS/c1-2-3-4-8-25(35)13-19-20(18-7-10-34(32-18)24(28)29)21(16-6-5-15(27)12-17(16)26)31-22(33(19)14-25)23-30-9-11-36-23/h2,5-7,9-12,21,24,35H,1,3-4,8,13-14H2/t21-,25+/m0/s1. The van der Waals surface area contributed by atoms with E-state index < -0.39 is 24.0 Å². The summed E-state index contributed by atoms with van der Waals surface area (Å²) >= 11 is 7.86. The molecule has 11 heteroatoms. The van der Waals surface area contributed by atoms with Crippen LogP contribution in [0, 0.1) is 5.82 Å². The lowest BCUT2D eigenvalue weighted by Gasteiger charge is -2.32. The molecule has 1 saturated heterocycles. The van der Waals surface area contributed by atoms with Crippen molar-refractivity contribution < 1.29 is 18.3 Å². The number of aromatic nitrogens is 3. The van der Waals surface area contributed by atoms with Crippen LogP contribution in [-0.2, 0) is 0 Å². The van der Waals surface area contributed by atoms with Gasteiger partial charge in [-0.25, -0.2) is 14.1 Å². The maximum atomic E-state index is 13.9. The normalized spacial score (nSPS) is 21.8. The number of amidine groups is 1. The molecule has 5 rings (SSSR count). The van der Waals surface area contributed by atoms with Gasteiger partial charge in [0.2, 0.25) is 0 Å². The van der Waals surface area contributed by atoms with Crippen LogP contribution in [-0.4, -0.2) is 42.8 Å². The highest BCUT2D eigenvalue weighted by Gasteiger charge is 2.46. The quantitative estimate of drug-likeness (QED) is 0.275. The van der Waals surface area contributed by atoms with Crippen molar-refractivity contribution in [2.24, 2.45) is 4.99 Å². The molecule has 188 valence electrons. The molecule has 2 aromatic heterocycles. The number of unbranched alkanes of at least 4 members (excludes halogenated alkanes) is 1. The molecule has 6 nitrogen and oxygen atoms in total. The van der Waals surface area contributed by atoms with Crippen LogP contribution in [0.1, 0.15) is 54.5 Å². The van der Waals surface area contributed by atoms with E-state index in [0.29, 0.717) is 38.8 Å². The van der Waals surface area contributed by atoms with E-state index in [1.807, 2.05) is 16.4 Å². The first-order chi connectivity index (χ1) is 17.3. The molecule has 3 aromatic rings. The maximum absolute atomic E-state index is 13.9. The second-order valence-electron chi connectivity index (χ2n) is 8.85. The van der Waals surface area contributed by atoms with Gasteiger partial charge in [-0.1, -0.05) is 23.7 Å². The summed E-state index contributed by atoms with van der Waals surface area (Å²) in [5.41, 5.74) is 0.971. The molecule has 1 aromatic carbocycles. The fourth-order valence-electron chi connectivity index (χ4n) is 4.78. The lowest BCUT2D eigenvalue weighted by Crippen LogP contribution is -2.37. The maximum Gasteiger partial charge on any atom is 0.333 e. The Balaban J connectivity index is 1.70. The van der Waals surface area contributed by atoms with Crippen LogP contribution < -0.4 is 0 Å². The van der Waals surface area contributed by atoms with Gasteiger partial charge < -0.3 is 10.0 Å². The fourth-order valence-corrected chi connectivity index (χ4v) is 5.70. The largest absolute Gasteiger partial charge is 0.388 e. The third-order valence-electron chi connectivity index (χ3n) is 6.38. The summed E-state index contributed by atoms with van der Waals surface area (Å²) in [5.74, 6) is 0.0426. The third-order valence-corrected chi connectivity index (χ3v) is 7.48. The molecule has 0 radical (unpaired) electrons. The minimum atomic E-state index is -2.81. The van der Waals surface area contributed by atoms with E-state index in [0.717, 1.165) is 12.8 Å². The van der Waals surface area contributed by atoms with Crippen molar-refractivity contribution in [1.29, 1.82) is 0 Å².